The zero-order valence-electron chi connectivity index (χ0n) is 22.3. The van der Waals surface area contributed by atoms with Gasteiger partial charge in [0.1, 0.15) is 12.2 Å². The van der Waals surface area contributed by atoms with Gasteiger partial charge in [0.15, 0.2) is 4.90 Å². The number of carbonyl (C=O) groups is 2. The average Bonchev–Trinajstić information content (AvgIpc) is 3.57. The fourth-order valence-corrected chi connectivity index (χ4v) is 6.56. The molecule has 0 fully saturated rings. The van der Waals surface area contributed by atoms with Crippen molar-refractivity contribution in [3.05, 3.63) is 34.5 Å². The van der Waals surface area contributed by atoms with Crippen LogP contribution in [0.3, 0.4) is 0 Å². The topological polar surface area (TPSA) is 132 Å². The first kappa shape index (κ1) is 26.3. The van der Waals surface area contributed by atoms with Crippen LogP contribution in [0.5, 0.6) is 5.88 Å². The Kier molecular flexibility index (Phi) is 6.79. The van der Waals surface area contributed by atoms with Crippen molar-refractivity contribution < 1.29 is 27.5 Å². The lowest BCUT2D eigenvalue weighted by molar-refractivity contribution is 0.00407. The normalized spacial score (nSPS) is 18.2. The number of anilines is 1. The molecule has 0 saturated heterocycles. The molecule has 1 aromatic heterocycles. The van der Waals surface area contributed by atoms with Crippen molar-refractivity contribution in [3.8, 4) is 5.88 Å². The summed E-state index contributed by atoms with van der Waals surface area (Å²) in [6.07, 6.45) is 6.42. The van der Waals surface area contributed by atoms with Crippen molar-refractivity contribution >= 4 is 27.8 Å². The molecule has 11 nitrogen and oxygen atoms in total. The Bertz CT molecular complexity index is 1350. The molecule has 1 aliphatic heterocycles. The molecule has 2 aromatic rings. The number of nitrogens with one attached hydrogen (secondary N) is 2. The van der Waals surface area contributed by atoms with Gasteiger partial charge >= 0.3 is 12.1 Å². The van der Waals surface area contributed by atoms with E-state index >= 15 is 0 Å². The van der Waals surface area contributed by atoms with E-state index in [9.17, 15) is 18.0 Å². The van der Waals surface area contributed by atoms with Gasteiger partial charge in [-0.05, 0) is 88.5 Å². The summed E-state index contributed by atoms with van der Waals surface area (Å²) in [6, 6.07) is 1.04. The molecule has 3 aliphatic rings. The van der Waals surface area contributed by atoms with E-state index in [0.29, 0.717) is 6.54 Å². The highest BCUT2D eigenvalue weighted by atomic mass is 32.2. The Morgan fingerprint density at radius 3 is 2.42 bits per heavy atom. The number of carbonyl (C=O) groups excluding carboxylic acids is 2. The Labute approximate surface area is 222 Å². The van der Waals surface area contributed by atoms with E-state index in [2.05, 4.69) is 21.2 Å². The first-order valence-electron chi connectivity index (χ1n) is 13.2. The van der Waals surface area contributed by atoms with Gasteiger partial charge in [-0.3, -0.25) is 0 Å². The average molecular weight is 546 g/mol. The molecule has 2 heterocycles. The quantitative estimate of drug-likeness (QED) is 0.589. The molecular weight excluding hydrogens is 510 g/mol. The van der Waals surface area contributed by atoms with E-state index in [0.717, 1.165) is 61.5 Å². The number of amides is 3. The van der Waals surface area contributed by atoms with E-state index in [1.807, 2.05) is 6.92 Å². The van der Waals surface area contributed by atoms with Crippen LogP contribution >= 0.6 is 0 Å². The maximum absolute atomic E-state index is 13.2. The summed E-state index contributed by atoms with van der Waals surface area (Å²) >= 11 is 0. The van der Waals surface area contributed by atoms with Gasteiger partial charge in [-0.1, -0.05) is 6.07 Å². The van der Waals surface area contributed by atoms with Gasteiger partial charge < -0.3 is 19.7 Å². The molecule has 12 heteroatoms. The number of sulfonamides is 1. The van der Waals surface area contributed by atoms with Crippen molar-refractivity contribution in [1.82, 2.24) is 19.4 Å². The fourth-order valence-electron chi connectivity index (χ4n) is 5.57. The zero-order chi connectivity index (χ0) is 27.2. The summed E-state index contributed by atoms with van der Waals surface area (Å²) in [6.45, 7) is 7.89. The molecule has 3 amide bonds. The second-order valence-electron chi connectivity index (χ2n) is 11.0. The van der Waals surface area contributed by atoms with Crippen LogP contribution in [-0.4, -0.2) is 60.0 Å². The Hall–Kier alpha value is -3.28. The second kappa shape index (κ2) is 9.79. The number of aromatic nitrogens is 2. The lowest BCUT2D eigenvalue weighted by Crippen LogP contribution is -2.49. The number of hydrogen-bond donors (Lipinski definition) is 2. The number of nitrogens with zero attached hydrogens (tertiary/aromatic N) is 3. The van der Waals surface area contributed by atoms with Gasteiger partial charge in [-0.25, -0.2) is 27.4 Å². The van der Waals surface area contributed by atoms with Gasteiger partial charge in [0, 0.05) is 12.2 Å². The van der Waals surface area contributed by atoms with E-state index < -0.39 is 33.8 Å². The Morgan fingerprint density at radius 1 is 1.16 bits per heavy atom. The van der Waals surface area contributed by atoms with Crippen LogP contribution in [0.25, 0.3) is 0 Å². The first-order valence-corrected chi connectivity index (χ1v) is 14.6. The third-order valence-corrected chi connectivity index (χ3v) is 8.51. The maximum Gasteiger partial charge on any atom is 0.410 e. The molecule has 2 aliphatic carbocycles. The molecule has 206 valence electrons. The number of aryl methyl sites for hydroxylation is 2. The molecule has 1 atom stereocenters. The van der Waals surface area contributed by atoms with E-state index in [4.69, 9.17) is 9.47 Å². The molecule has 0 bridgehead atoms. The van der Waals surface area contributed by atoms with Gasteiger partial charge in [0.25, 0.3) is 10.0 Å². The number of fused-ring (bicyclic) bond motifs is 3. The SMILES string of the molecule is CCN(C(=O)OC(C)(C)C)[C@@H]1COc2c(S(=O)(=O)NC(=O)Nc3c4c(cc5c3CCC5)CCC4)cnn2C1. The minimum Gasteiger partial charge on any atom is -0.475 e. The molecule has 0 radical (unpaired) electrons. The minimum absolute atomic E-state index is 0.0308. The van der Waals surface area contributed by atoms with Gasteiger partial charge in [0.2, 0.25) is 5.88 Å². The molecule has 0 unspecified atom stereocenters. The molecule has 2 N–H and O–H groups in total. The van der Waals surface area contributed by atoms with Crippen LogP contribution < -0.4 is 14.8 Å². The van der Waals surface area contributed by atoms with Crippen molar-refractivity contribution in [1.29, 1.82) is 0 Å². The Balaban J connectivity index is 1.30. The lowest BCUT2D eigenvalue weighted by atomic mass is 9.99. The Morgan fingerprint density at radius 2 is 1.82 bits per heavy atom. The van der Waals surface area contributed by atoms with Gasteiger partial charge in [-0.2, -0.15) is 5.10 Å². The third-order valence-electron chi connectivity index (χ3n) is 7.19. The number of ether oxygens (including phenoxy) is 2. The van der Waals surface area contributed by atoms with E-state index in [1.165, 1.54) is 20.7 Å². The summed E-state index contributed by atoms with van der Waals surface area (Å²) in [4.78, 5) is 26.9. The summed E-state index contributed by atoms with van der Waals surface area (Å²) in [5.41, 5.74) is 4.82. The molecule has 5 rings (SSSR count). The maximum atomic E-state index is 13.2. The smallest absolute Gasteiger partial charge is 0.410 e. The summed E-state index contributed by atoms with van der Waals surface area (Å²) in [5.74, 6) is 0.0308. The van der Waals surface area contributed by atoms with Crippen LogP contribution in [-0.2, 0) is 47.0 Å². The van der Waals surface area contributed by atoms with Crippen LogP contribution in [0.4, 0.5) is 15.3 Å². The highest BCUT2D eigenvalue weighted by Crippen LogP contribution is 2.38. The van der Waals surface area contributed by atoms with Crippen LogP contribution in [0.1, 0.15) is 62.8 Å². The van der Waals surface area contributed by atoms with Crippen molar-refractivity contribution in [2.45, 2.75) is 89.3 Å². The summed E-state index contributed by atoms with van der Waals surface area (Å²) in [7, 11) is -4.27. The zero-order valence-corrected chi connectivity index (χ0v) is 23.1. The van der Waals surface area contributed by atoms with Crippen LogP contribution in [0.2, 0.25) is 0 Å². The number of hydrogen-bond acceptors (Lipinski definition) is 7. The number of benzene rings is 1. The molecule has 0 saturated carbocycles. The predicted octanol–water partition coefficient (Wildman–Crippen LogP) is 3.39. The third kappa shape index (κ3) is 5.05. The lowest BCUT2D eigenvalue weighted by Gasteiger charge is -2.35. The number of likely N-dealkylation sites (N-methyl/N-ethyl adjacent to an activating group) is 1. The molecular formula is C26H35N5O6S. The standard InChI is InChI=1S/C26H35N5O6S/c1-5-30(25(33)37-26(2,3)4)18-14-31-23(36-15-18)21(13-27-31)38(34,35)29-24(32)28-22-19-10-6-8-16(19)12-17-9-7-11-20(17)22/h12-13,18H,5-11,14-15H2,1-4H3,(H2,28,29,32)/t18-/m0/s1. The second-order valence-corrected chi connectivity index (χ2v) is 12.7. The number of urea groups is 1. The van der Waals surface area contributed by atoms with Crippen LogP contribution in [0, 0.1) is 0 Å². The monoisotopic (exact) mass is 545 g/mol. The number of rotatable bonds is 5. The van der Waals surface area contributed by atoms with Crippen LogP contribution in [0.15, 0.2) is 17.2 Å². The minimum atomic E-state index is -4.27. The first-order chi connectivity index (χ1) is 18.0. The highest BCUT2D eigenvalue weighted by molar-refractivity contribution is 7.90. The molecule has 38 heavy (non-hydrogen) atoms. The fraction of sp³-hybridized carbons (Fsp3) is 0.577. The van der Waals surface area contributed by atoms with Gasteiger partial charge in [0.05, 0.1) is 18.8 Å². The predicted molar refractivity (Wildman–Crippen MR) is 140 cm³/mol. The largest absolute Gasteiger partial charge is 0.475 e. The van der Waals surface area contributed by atoms with Crippen molar-refractivity contribution in [2.75, 3.05) is 18.5 Å². The van der Waals surface area contributed by atoms with Crippen molar-refractivity contribution in [3.63, 3.8) is 0 Å². The summed E-state index contributed by atoms with van der Waals surface area (Å²) in [5, 5.41) is 7.02. The highest BCUT2D eigenvalue weighted by Gasteiger charge is 2.36. The van der Waals surface area contributed by atoms with E-state index in [-0.39, 0.29) is 23.9 Å². The summed E-state index contributed by atoms with van der Waals surface area (Å²) < 4.78 is 41.2. The van der Waals surface area contributed by atoms with E-state index in [1.54, 1.807) is 20.8 Å². The molecule has 0 spiro atoms. The van der Waals surface area contributed by atoms with Gasteiger partial charge in [-0.15, -0.1) is 0 Å². The van der Waals surface area contributed by atoms with Crippen molar-refractivity contribution in [2.24, 2.45) is 0 Å². The molecule has 1 aromatic carbocycles.